The Morgan fingerprint density at radius 2 is 1.92 bits per heavy atom. The average molecular weight is 370 g/mol. The number of likely N-dealkylation sites (tertiary alicyclic amines) is 1. The first-order valence-electron chi connectivity index (χ1n) is 9.18. The second kappa shape index (κ2) is 9.10. The normalized spacial score (nSPS) is 17.2. The lowest BCUT2D eigenvalue weighted by Gasteiger charge is -2.28. The van der Waals surface area contributed by atoms with E-state index in [0.29, 0.717) is 0 Å². The summed E-state index contributed by atoms with van der Waals surface area (Å²) < 4.78 is 0. The Labute approximate surface area is 160 Å². The third kappa shape index (κ3) is 4.59. The third-order valence-corrected chi connectivity index (χ3v) is 5.68. The summed E-state index contributed by atoms with van der Waals surface area (Å²) in [6.07, 6.45) is 3.05. The van der Waals surface area contributed by atoms with E-state index < -0.39 is 0 Å². The van der Waals surface area contributed by atoms with Crippen LogP contribution in [0.3, 0.4) is 0 Å². The maximum atomic E-state index is 12.9. The van der Waals surface area contributed by atoms with Crippen LogP contribution in [0.2, 0.25) is 0 Å². The number of para-hydroxylation sites is 1. The molecule has 2 amide bonds. The zero-order valence-corrected chi connectivity index (χ0v) is 16.3. The van der Waals surface area contributed by atoms with E-state index in [1.807, 2.05) is 41.5 Å². The Morgan fingerprint density at radius 3 is 2.65 bits per heavy atom. The molecule has 1 unspecified atom stereocenters. The van der Waals surface area contributed by atoms with E-state index in [-0.39, 0.29) is 12.1 Å². The Hall–Kier alpha value is -1.98. The molecule has 1 heterocycles. The average Bonchev–Trinajstić information content (AvgIpc) is 3.11. The number of nitrogens with one attached hydrogen (secondary N) is 1. The number of rotatable bonds is 6. The first-order valence-corrected chi connectivity index (χ1v) is 10.4. The van der Waals surface area contributed by atoms with Crippen molar-refractivity contribution in [3.05, 3.63) is 60.2 Å². The lowest BCUT2D eigenvalue weighted by Crippen LogP contribution is -2.44. The van der Waals surface area contributed by atoms with E-state index in [2.05, 4.69) is 41.4 Å². The quantitative estimate of drug-likeness (QED) is 0.760. The zero-order chi connectivity index (χ0) is 18.4. The third-order valence-electron chi connectivity index (χ3n) is 4.89. The van der Waals surface area contributed by atoms with Crippen molar-refractivity contribution in [1.29, 1.82) is 0 Å². The zero-order valence-electron chi connectivity index (χ0n) is 15.5. The van der Waals surface area contributed by atoms with Gasteiger partial charge >= 0.3 is 6.03 Å². The van der Waals surface area contributed by atoms with Crippen molar-refractivity contribution in [2.75, 3.05) is 31.2 Å². The van der Waals surface area contributed by atoms with Gasteiger partial charge in [0.1, 0.15) is 0 Å². The summed E-state index contributed by atoms with van der Waals surface area (Å²) in [5.74, 6) is 0. The van der Waals surface area contributed by atoms with Crippen molar-refractivity contribution >= 4 is 23.5 Å². The lowest BCUT2D eigenvalue weighted by atomic mass is 10.2. The van der Waals surface area contributed by atoms with Crippen LogP contribution in [0.1, 0.15) is 18.9 Å². The van der Waals surface area contributed by atoms with Gasteiger partial charge in [-0.15, -0.1) is 11.8 Å². The van der Waals surface area contributed by atoms with Gasteiger partial charge in [-0.1, -0.05) is 42.5 Å². The molecule has 1 aliphatic heterocycles. The summed E-state index contributed by atoms with van der Waals surface area (Å²) in [5.41, 5.74) is 2.22. The highest BCUT2D eigenvalue weighted by molar-refractivity contribution is 7.98. The molecule has 1 atom stereocenters. The van der Waals surface area contributed by atoms with Gasteiger partial charge in [-0.05, 0) is 37.3 Å². The van der Waals surface area contributed by atoms with Crippen LogP contribution in [0.4, 0.5) is 10.5 Å². The molecule has 4 nitrogen and oxygen atoms in total. The number of nitrogens with zero attached hydrogens (tertiary/aromatic N) is 2. The summed E-state index contributed by atoms with van der Waals surface area (Å²) in [6.45, 7) is 5.69. The first-order chi connectivity index (χ1) is 12.7. The molecule has 5 heteroatoms. The summed E-state index contributed by atoms with van der Waals surface area (Å²) in [5, 5.41) is 3.10. The molecule has 0 bridgehead atoms. The monoisotopic (exact) mass is 369 g/mol. The molecule has 26 heavy (non-hydrogen) atoms. The van der Waals surface area contributed by atoms with Crippen LogP contribution < -0.4 is 5.32 Å². The van der Waals surface area contributed by atoms with Crippen molar-refractivity contribution < 1.29 is 4.79 Å². The molecule has 0 aromatic heterocycles. The van der Waals surface area contributed by atoms with Gasteiger partial charge in [0.25, 0.3) is 0 Å². The number of hydrogen-bond donors (Lipinski definition) is 1. The number of benzene rings is 2. The van der Waals surface area contributed by atoms with Crippen molar-refractivity contribution in [2.24, 2.45) is 0 Å². The van der Waals surface area contributed by atoms with Gasteiger partial charge in [-0.25, -0.2) is 4.79 Å². The summed E-state index contributed by atoms with van der Waals surface area (Å²) in [6, 6.07) is 18.8. The van der Waals surface area contributed by atoms with Crippen molar-refractivity contribution in [1.82, 2.24) is 9.80 Å². The molecule has 0 aliphatic carbocycles. The fraction of sp³-hybridized carbons (Fsp3) is 0.381. The molecule has 1 saturated heterocycles. The van der Waals surface area contributed by atoms with E-state index in [0.717, 1.165) is 43.2 Å². The Morgan fingerprint density at radius 1 is 1.19 bits per heavy atom. The lowest BCUT2D eigenvalue weighted by molar-refractivity contribution is 0.189. The van der Waals surface area contributed by atoms with Gasteiger partial charge in [-0.2, -0.15) is 0 Å². The molecular weight excluding hydrogens is 342 g/mol. The van der Waals surface area contributed by atoms with Gasteiger partial charge in [0.2, 0.25) is 0 Å². The largest absolute Gasteiger partial charge is 0.322 e. The van der Waals surface area contributed by atoms with Crippen LogP contribution in [0.25, 0.3) is 0 Å². The van der Waals surface area contributed by atoms with E-state index in [1.165, 1.54) is 5.56 Å². The van der Waals surface area contributed by atoms with Gasteiger partial charge in [0.15, 0.2) is 0 Å². The van der Waals surface area contributed by atoms with Crippen molar-refractivity contribution in [3.63, 3.8) is 0 Å². The fourth-order valence-corrected chi connectivity index (χ4v) is 4.11. The topological polar surface area (TPSA) is 35.6 Å². The molecule has 2 aromatic rings. The molecule has 0 radical (unpaired) electrons. The molecule has 1 N–H and O–H groups in total. The number of likely N-dealkylation sites (N-methyl/N-ethyl adjacent to an activating group) is 1. The van der Waals surface area contributed by atoms with Gasteiger partial charge in [-0.3, -0.25) is 4.90 Å². The maximum Gasteiger partial charge on any atom is 0.322 e. The summed E-state index contributed by atoms with van der Waals surface area (Å²) in [4.78, 5) is 18.4. The highest BCUT2D eigenvalue weighted by Crippen LogP contribution is 2.26. The van der Waals surface area contributed by atoms with Crippen LogP contribution in [0, 0.1) is 0 Å². The van der Waals surface area contributed by atoms with Crippen LogP contribution in [-0.4, -0.2) is 47.8 Å². The van der Waals surface area contributed by atoms with Gasteiger partial charge < -0.3 is 10.2 Å². The van der Waals surface area contributed by atoms with Crippen LogP contribution in [-0.2, 0) is 6.54 Å². The second-order valence-electron chi connectivity index (χ2n) is 6.58. The number of hydrogen-bond acceptors (Lipinski definition) is 3. The van der Waals surface area contributed by atoms with Gasteiger partial charge in [0.05, 0.1) is 5.69 Å². The minimum atomic E-state index is 0.000520. The molecular formula is C21H27N3OS. The minimum Gasteiger partial charge on any atom is -0.320 e. The van der Waals surface area contributed by atoms with E-state index in [9.17, 15) is 4.79 Å². The molecule has 3 rings (SSSR count). The van der Waals surface area contributed by atoms with E-state index in [4.69, 9.17) is 0 Å². The summed E-state index contributed by atoms with van der Waals surface area (Å²) >= 11 is 1.65. The van der Waals surface area contributed by atoms with Gasteiger partial charge in [0, 0.05) is 37.1 Å². The Kier molecular flexibility index (Phi) is 6.58. The van der Waals surface area contributed by atoms with Crippen molar-refractivity contribution in [3.8, 4) is 0 Å². The molecule has 1 aliphatic rings. The molecule has 0 saturated carbocycles. The maximum absolute atomic E-state index is 12.9. The molecule has 1 fully saturated rings. The smallest absolute Gasteiger partial charge is 0.320 e. The number of carbonyl (C=O) groups excluding carboxylic acids is 1. The predicted octanol–water partition coefficient (Wildman–Crippen LogP) is 4.54. The number of carbonyl (C=O) groups is 1. The Balaban J connectivity index is 1.61. The predicted molar refractivity (Wildman–Crippen MR) is 110 cm³/mol. The van der Waals surface area contributed by atoms with Crippen molar-refractivity contribution in [2.45, 2.75) is 30.8 Å². The number of thioether (sulfide) groups is 1. The molecule has 2 aromatic carbocycles. The van der Waals surface area contributed by atoms with Crippen LogP contribution in [0.15, 0.2) is 59.5 Å². The second-order valence-corrected chi connectivity index (χ2v) is 7.43. The SMILES string of the molecule is CCN(C(=O)Nc1ccccc1SC)C1CCN(Cc2ccccc2)C1. The number of amides is 2. The van der Waals surface area contributed by atoms with Crippen LogP contribution in [0.5, 0.6) is 0 Å². The first kappa shape index (κ1) is 18.8. The fourth-order valence-electron chi connectivity index (χ4n) is 3.55. The molecule has 0 spiro atoms. The van der Waals surface area contributed by atoms with Crippen LogP contribution >= 0.6 is 11.8 Å². The Bertz CT molecular complexity index is 722. The minimum absolute atomic E-state index is 0.000520. The highest BCUT2D eigenvalue weighted by Gasteiger charge is 2.30. The highest BCUT2D eigenvalue weighted by atomic mass is 32.2. The number of urea groups is 1. The number of anilines is 1. The van der Waals surface area contributed by atoms with E-state index in [1.54, 1.807) is 11.8 Å². The summed E-state index contributed by atoms with van der Waals surface area (Å²) in [7, 11) is 0. The standard InChI is InChI=1S/C21H27N3OS/c1-3-24(21(25)22-19-11-7-8-12-20(19)26-2)18-13-14-23(16-18)15-17-9-5-4-6-10-17/h4-12,18H,3,13-16H2,1-2H3,(H,22,25). The molecule has 138 valence electrons. The van der Waals surface area contributed by atoms with E-state index >= 15 is 0 Å².